The zero-order valence-corrected chi connectivity index (χ0v) is 9.90. The van der Waals surface area contributed by atoms with E-state index < -0.39 is 5.97 Å². The van der Waals surface area contributed by atoms with E-state index in [-0.39, 0.29) is 5.41 Å². The summed E-state index contributed by atoms with van der Waals surface area (Å²) >= 11 is 0. The van der Waals surface area contributed by atoms with Gasteiger partial charge < -0.3 is 15.2 Å². The summed E-state index contributed by atoms with van der Waals surface area (Å²) < 4.78 is 5.17. The Bertz CT molecular complexity index is 413. The summed E-state index contributed by atoms with van der Waals surface area (Å²) in [7, 11) is 0. The third-order valence-electron chi connectivity index (χ3n) is 3.02. The number of ether oxygens (including phenoxy) is 1. The van der Waals surface area contributed by atoms with Crippen LogP contribution in [-0.4, -0.2) is 30.8 Å². The third-order valence-corrected chi connectivity index (χ3v) is 3.02. The molecular formula is C13H17NO3. The van der Waals surface area contributed by atoms with Gasteiger partial charge in [-0.15, -0.1) is 0 Å². The summed E-state index contributed by atoms with van der Waals surface area (Å²) in [5.74, 6) is -0.874. The second-order valence-electron chi connectivity index (χ2n) is 4.87. The predicted molar refractivity (Wildman–Crippen MR) is 64.0 cm³/mol. The van der Waals surface area contributed by atoms with E-state index in [4.69, 9.17) is 9.84 Å². The van der Waals surface area contributed by atoms with Gasteiger partial charge in [0.1, 0.15) is 0 Å². The van der Waals surface area contributed by atoms with Crippen molar-refractivity contribution >= 4 is 5.97 Å². The van der Waals surface area contributed by atoms with Crippen LogP contribution in [0, 0.1) is 5.41 Å². The van der Waals surface area contributed by atoms with Crippen LogP contribution in [0.25, 0.3) is 0 Å². The topological polar surface area (TPSA) is 58.6 Å². The standard InChI is InChI=1S/C13H17NO3/c1-13(8-17-9-13)7-14-6-10-4-2-3-5-11(10)12(15)16/h2-5,14H,6-9H2,1H3,(H,15,16). The summed E-state index contributed by atoms with van der Waals surface area (Å²) in [6.45, 7) is 5.15. The largest absolute Gasteiger partial charge is 0.478 e. The molecule has 1 heterocycles. The Morgan fingerprint density at radius 3 is 2.76 bits per heavy atom. The Labute approximate surface area is 101 Å². The molecule has 0 spiro atoms. The van der Waals surface area contributed by atoms with Crippen LogP contribution in [0.5, 0.6) is 0 Å². The molecule has 0 atom stereocenters. The van der Waals surface area contributed by atoms with Gasteiger partial charge in [0.2, 0.25) is 0 Å². The van der Waals surface area contributed by atoms with Crippen LogP contribution in [0.2, 0.25) is 0 Å². The molecule has 2 N–H and O–H groups in total. The van der Waals surface area contributed by atoms with Gasteiger partial charge in [-0.2, -0.15) is 0 Å². The lowest BCUT2D eigenvalue weighted by Gasteiger charge is -2.38. The number of hydrogen-bond donors (Lipinski definition) is 2. The quantitative estimate of drug-likeness (QED) is 0.812. The first-order chi connectivity index (χ1) is 8.11. The minimum atomic E-state index is -0.874. The van der Waals surface area contributed by atoms with Crippen molar-refractivity contribution in [1.82, 2.24) is 5.32 Å². The fourth-order valence-corrected chi connectivity index (χ4v) is 1.93. The van der Waals surface area contributed by atoms with E-state index >= 15 is 0 Å². The van der Waals surface area contributed by atoms with Crippen LogP contribution < -0.4 is 5.32 Å². The number of carboxylic acids is 1. The highest BCUT2D eigenvalue weighted by atomic mass is 16.5. The molecule has 0 amide bonds. The number of hydrogen-bond acceptors (Lipinski definition) is 3. The summed E-state index contributed by atoms with van der Waals surface area (Å²) in [5, 5.41) is 12.3. The van der Waals surface area contributed by atoms with Gasteiger partial charge in [0, 0.05) is 18.5 Å². The number of carbonyl (C=O) groups is 1. The molecule has 0 radical (unpaired) electrons. The van der Waals surface area contributed by atoms with Gasteiger partial charge in [-0.05, 0) is 11.6 Å². The van der Waals surface area contributed by atoms with E-state index in [1.165, 1.54) is 0 Å². The van der Waals surface area contributed by atoms with Crippen molar-refractivity contribution in [3.8, 4) is 0 Å². The van der Waals surface area contributed by atoms with Gasteiger partial charge in [-0.25, -0.2) is 4.79 Å². The molecule has 1 aromatic carbocycles. The molecular weight excluding hydrogens is 218 g/mol. The Balaban J connectivity index is 1.92. The van der Waals surface area contributed by atoms with Gasteiger partial charge in [0.25, 0.3) is 0 Å². The van der Waals surface area contributed by atoms with Crippen LogP contribution in [0.1, 0.15) is 22.8 Å². The van der Waals surface area contributed by atoms with E-state index in [2.05, 4.69) is 12.2 Å². The molecule has 1 saturated heterocycles. The second kappa shape index (κ2) is 4.85. The minimum Gasteiger partial charge on any atom is -0.478 e. The molecule has 0 saturated carbocycles. The van der Waals surface area contributed by atoms with Gasteiger partial charge >= 0.3 is 5.97 Å². The maximum absolute atomic E-state index is 11.0. The fourth-order valence-electron chi connectivity index (χ4n) is 1.93. The molecule has 2 rings (SSSR count). The van der Waals surface area contributed by atoms with Crippen molar-refractivity contribution < 1.29 is 14.6 Å². The van der Waals surface area contributed by atoms with E-state index in [1.54, 1.807) is 12.1 Å². The second-order valence-corrected chi connectivity index (χ2v) is 4.87. The van der Waals surface area contributed by atoms with Crippen molar-refractivity contribution in [3.05, 3.63) is 35.4 Å². The third kappa shape index (κ3) is 2.84. The average molecular weight is 235 g/mol. The molecule has 0 aliphatic carbocycles. The monoisotopic (exact) mass is 235 g/mol. The van der Waals surface area contributed by atoms with Crippen LogP contribution in [-0.2, 0) is 11.3 Å². The summed E-state index contributed by atoms with van der Waals surface area (Å²) in [5.41, 5.74) is 1.40. The molecule has 1 fully saturated rings. The first-order valence-corrected chi connectivity index (χ1v) is 5.70. The SMILES string of the molecule is CC1(CNCc2ccccc2C(=O)O)COC1. The van der Waals surface area contributed by atoms with Crippen LogP contribution in [0.3, 0.4) is 0 Å². The van der Waals surface area contributed by atoms with Gasteiger partial charge in [-0.3, -0.25) is 0 Å². The molecule has 0 bridgehead atoms. The number of carboxylic acid groups (broad SMARTS) is 1. The maximum atomic E-state index is 11.0. The zero-order valence-electron chi connectivity index (χ0n) is 9.90. The molecule has 1 aliphatic heterocycles. The molecule has 4 nitrogen and oxygen atoms in total. The van der Waals surface area contributed by atoms with E-state index in [1.807, 2.05) is 12.1 Å². The van der Waals surface area contributed by atoms with Crippen molar-refractivity contribution in [2.75, 3.05) is 19.8 Å². The van der Waals surface area contributed by atoms with Gasteiger partial charge in [0.15, 0.2) is 0 Å². The lowest BCUT2D eigenvalue weighted by Crippen LogP contribution is -2.47. The molecule has 1 aliphatic rings. The average Bonchev–Trinajstić information content (AvgIpc) is 2.27. The van der Waals surface area contributed by atoms with Gasteiger partial charge in [0.05, 0.1) is 18.8 Å². The normalized spacial score (nSPS) is 17.5. The Kier molecular flexibility index (Phi) is 3.45. The highest BCUT2D eigenvalue weighted by Crippen LogP contribution is 2.25. The van der Waals surface area contributed by atoms with Crippen molar-refractivity contribution in [2.45, 2.75) is 13.5 Å². The lowest BCUT2D eigenvalue weighted by atomic mass is 9.88. The fraction of sp³-hybridized carbons (Fsp3) is 0.462. The van der Waals surface area contributed by atoms with E-state index in [9.17, 15) is 4.79 Å². The Morgan fingerprint density at radius 1 is 1.47 bits per heavy atom. The van der Waals surface area contributed by atoms with E-state index in [0.717, 1.165) is 25.3 Å². The van der Waals surface area contributed by atoms with Crippen molar-refractivity contribution in [3.63, 3.8) is 0 Å². The van der Waals surface area contributed by atoms with Crippen molar-refractivity contribution in [2.24, 2.45) is 5.41 Å². The maximum Gasteiger partial charge on any atom is 0.336 e. The van der Waals surface area contributed by atoms with Crippen LogP contribution >= 0.6 is 0 Å². The Morgan fingerprint density at radius 2 is 2.18 bits per heavy atom. The minimum absolute atomic E-state index is 0.207. The summed E-state index contributed by atoms with van der Waals surface area (Å²) in [6.07, 6.45) is 0. The van der Waals surface area contributed by atoms with Gasteiger partial charge in [-0.1, -0.05) is 25.1 Å². The molecule has 17 heavy (non-hydrogen) atoms. The predicted octanol–water partition coefficient (Wildman–Crippen LogP) is 1.51. The lowest BCUT2D eigenvalue weighted by molar-refractivity contribution is -0.0991. The number of aromatic carboxylic acids is 1. The first kappa shape index (κ1) is 12.1. The molecule has 0 unspecified atom stereocenters. The highest BCUT2D eigenvalue weighted by molar-refractivity contribution is 5.89. The van der Waals surface area contributed by atoms with E-state index in [0.29, 0.717) is 12.1 Å². The Hall–Kier alpha value is -1.39. The molecule has 1 aromatic rings. The number of rotatable bonds is 5. The zero-order chi connectivity index (χ0) is 12.3. The smallest absolute Gasteiger partial charge is 0.336 e. The molecule has 92 valence electrons. The summed E-state index contributed by atoms with van der Waals surface area (Å²) in [6, 6.07) is 7.08. The number of nitrogens with one attached hydrogen (secondary N) is 1. The first-order valence-electron chi connectivity index (χ1n) is 5.70. The van der Waals surface area contributed by atoms with Crippen LogP contribution in [0.15, 0.2) is 24.3 Å². The van der Waals surface area contributed by atoms with Crippen LogP contribution in [0.4, 0.5) is 0 Å². The molecule has 4 heteroatoms. The highest BCUT2D eigenvalue weighted by Gasteiger charge is 2.32. The van der Waals surface area contributed by atoms with Crippen molar-refractivity contribution in [1.29, 1.82) is 0 Å². The number of benzene rings is 1. The molecule has 0 aromatic heterocycles. The summed E-state index contributed by atoms with van der Waals surface area (Å²) in [4.78, 5) is 11.0.